The highest BCUT2D eigenvalue weighted by Crippen LogP contribution is 2.41. The van der Waals surface area contributed by atoms with E-state index >= 15 is 0 Å². The van der Waals surface area contributed by atoms with Crippen molar-refractivity contribution in [2.45, 2.75) is 63.6 Å². The number of hydrogen-bond acceptors (Lipinski definition) is 7. The van der Waals surface area contributed by atoms with Crippen molar-refractivity contribution in [2.75, 3.05) is 17.2 Å². The van der Waals surface area contributed by atoms with Gasteiger partial charge in [0.05, 0.1) is 11.6 Å². The van der Waals surface area contributed by atoms with Crippen LogP contribution in [0.4, 0.5) is 17.5 Å². The van der Waals surface area contributed by atoms with Gasteiger partial charge in [-0.05, 0) is 63.5 Å². The Balaban J connectivity index is 1.18. The van der Waals surface area contributed by atoms with E-state index in [0.717, 1.165) is 59.7 Å². The molecule has 3 atom stereocenters. The number of H-pyrrole nitrogens is 1. The van der Waals surface area contributed by atoms with Crippen molar-refractivity contribution in [3.8, 4) is 6.07 Å². The van der Waals surface area contributed by atoms with Crippen molar-refractivity contribution in [3.63, 3.8) is 0 Å². The summed E-state index contributed by atoms with van der Waals surface area (Å²) in [7, 11) is 0. The summed E-state index contributed by atoms with van der Waals surface area (Å²) in [5.74, 6) is 3.40. The molecule has 2 saturated heterocycles. The number of fused-ring (bicyclic) bond motifs is 3. The predicted molar refractivity (Wildman–Crippen MR) is 128 cm³/mol. The first-order valence-corrected chi connectivity index (χ1v) is 12.1. The second kappa shape index (κ2) is 8.31. The molecule has 3 aliphatic rings. The Morgan fingerprint density at radius 2 is 1.97 bits per heavy atom. The average Bonchev–Trinajstić information content (AvgIpc) is 3.29. The number of pyridine rings is 2. The molecule has 3 fully saturated rings. The van der Waals surface area contributed by atoms with Crippen LogP contribution >= 0.6 is 0 Å². The van der Waals surface area contributed by atoms with Gasteiger partial charge in [0.15, 0.2) is 5.82 Å². The van der Waals surface area contributed by atoms with Gasteiger partial charge in [0, 0.05) is 60.0 Å². The molecule has 0 spiro atoms. The standard InChI is InChI=1S/C25H30N8/c1-15-7-24(32-31-15)29-23-12-22-21(3-2-6-27-22)25(30-23)28-18-10-19-4-5-20(11-18)33(19)14-17-8-16(9-17)13-26/h2-3,6-7,12,16-20H,4-5,8-11,14H2,1H3,(H3,28,29,30,31,32)/t16?,17?,18?,19-,20+. The fraction of sp³-hybridized carbons (Fsp3) is 0.520. The summed E-state index contributed by atoms with van der Waals surface area (Å²) in [5, 5.41) is 24.5. The molecule has 170 valence electrons. The molecule has 2 aliphatic heterocycles. The Morgan fingerprint density at radius 3 is 2.70 bits per heavy atom. The van der Waals surface area contributed by atoms with Crippen LogP contribution in [0, 0.1) is 30.1 Å². The zero-order valence-corrected chi connectivity index (χ0v) is 19.0. The van der Waals surface area contributed by atoms with Gasteiger partial charge < -0.3 is 10.6 Å². The molecule has 5 heterocycles. The summed E-state index contributed by atoms with van der Waals surface area (Å²) in [6.07, 6.45) is 8.86. The van der Waals surface area contributed by atoms with Crippen LogP contribution in [-0.4, -0.2) is 49.7 Å². The molecule has 8 nitrogen and oxygen atoms in total. The molecule has 0 amide bonds. The maximum atomic E-state index is 9.09. The van der Waals surface area contributed by atoms with Gasteiger partial charge in [0.1, 0.15) is 11.6 Å². The first kappa shape index (κ1) is 20.4. The zero-order chi connectivity index (χ0) is 22.4. The second-order valence-electron chi connectivity index (χ2n) is 10.0. The number of aryl methyl sites for hydroxylation is 1. The Morgan fingerprint density at radius 1 is 1.15 bits per heavy atom. The number of aromatic amines is 1. The molecular formula is C25H30N8. The second-order valence-corrected chi connectivity index (χ2v) is 10.0. The molecule has 0 radical (unpaired) electrons. The highest BCUT2D eigenvalue weighted by Gasteiger charge is 2.43. The van der Waals surface area contributed by atoms with Gasteiger partial charge in [-0.1, -0.05) is 0 Å². The van der Waals surface area contributed by atoms with Crippen molar-refractivity contribution in [2.24, 2.45) is 11.8 Å². The molecule has 1 aliphatic carbocycles. The SMILES string of the molecule is Cc1cc(Nc2cc3ncccc3c(NC3C[C@H]4CC[C@@H](C3)N4CC3CC(C#N)C3)n2)n[nH]1. The van der Waals surface area contributed by atoms with Gasteiger partial charge in [-0.25, -0.2) is 4.98 Å². The predicted octanol–water partition coefficient (Wildman–Crippen LogP) is 4.36. The van der Waals surface area contributed by atoms with E-state index in [4.69, 9.17) is 10.2 Å². The van der Waals surface area contributed by atoms with E-state index in [0.29, 0.717) is 30.0 Å². The number of nitrogens with one attached hydrogen (secondary N) is 3. The van der Waals surface area contributed by atoms with Crippen molar-refractivity contribution in [3.05, 3.63) is 36.2 Å². The summed E-state index contributed by atoms with van der Waals surface area (Å²) in [6.45, 7) is 3.15. The quantitative estimate of drug-likeness (QED) is 0.521. The lowest BCUT2D eigenvalue weighted by Crippen LogP contribution is -2.50. The number of anilines is 3. The maximum absolute atomic E-state index is 9.09. The van der Waals surface area contributed by atoms with Crippen molar-refractivity contribution in [1.29, 1.82) is 5.26 Å². The number of aromatic nitrogens is 4. The first-order chi connectivity index (χ1) is 16.1. The lowest BCUT2D eigenvalue weighted by Gasteiger charge is -2.43. The molecule has 3 aromatic heterocycles. The van der Waals surface area contributed by atoms with E-state index < -0.39 is 0 Å². The van der Waals surface area contributed by atoms with Crippen LogP contribution in [-0.2, 0) is 0 Å². The van der Waals surface area contributed by atoms with E-state index in [-0.39, 0.29) is 0 Å². The largest absolute Gasteiger partial charge is 0.367 e. The fourth-order valence-electron chi connectivity index (χ4n) is 6.03. The van der Waals surface area contributed by atoms with E-state index in [1.807, 2.05) is 31.3 Å². The van der Waals surface area contributed by atoms with Crippen LogP contribution in [0.25, 0.3) is 10.9 Å². The molecule has 3 aromatic rings. The number of nitrogens with zero attached hydrogens (tertiary/aromatic N) is 5. The maximum Gasteiger partial charge on any atom is 0.153 e. The highest BCUT2D eigenvalue weighted by atomic mass is 15.2. The monoisotopic (exact) mass is 442 g/mol. The molecule has 33 heavy (non-hydrogen) atoms. The summed E-state index contributed by atoms with van der Waals surface area (Å²) in [4.78, 5) is 12.2. The Bertz CT molecular complexity index is 1180. The van der Waals surface area contributed by atoms with Crippen LogP contribution in [0.5, 0.6) is 0 Å². The Labute approximate surface area is 193 Å². The van der Waals surface area contributed by atoms with E-state index in [1.165, 1.54) is 19.4 Å². The van der Waals surface area contributed by atoms with Crippen LogP contribution in [0.15, 0.2) is 30.5 Å². The van der Waals surface area contributed by atoms with E-state index in [1.54, 1.807) is 0 Å². The lowest BCUT2D eigenvalue weighted by molar-refractivity contribution is 0.0771. The lowest BCUT2D eigenvalue weighted by atomic mass is 9.75. The topological polar surface area (TPSA) is 106 Å². The first-order valence-electron chi connectivity index (χ1n) is 12.1. The summed E-state index contributed by atoms with van der Waals surface area (Å²) in [5.41, 5.74) is 1.92. The van der Waals surface area contributed by atoms with Crippen LogP contribution in [0.2, 0.25) is 0 Å². The van der Waals surface area contributed by atoms with Gasteiger partial charge in [-0.2, -0.15) is 10.4 Å². The van der Waals surface area contributed by atoms with Gasteiger partial charge in [0.2, 0.25) is 0 Å². The van der Waals surface area contributed by atoms with Gasteiger partial charge in [-0.3, -0.25) is 15.0 Å². The third kappa shape index (κ3) is 4.02. The van der Waals surface area contributed by atoms with Crippen LogP contribution < -0.4 is 10.6 Å². The number of hydrogen-bond donors (Lipinski definition) is 3. The van der Waals surface area contributed by atoms with Crippen molar-refractivity contribution in [1.82, 2.24) is 25.1 Å². The summed E-state index contributed by atoms with van der Waals surface area (Å²) < 4.78 is 0. The van der Waals surface area contributed by atoms with E-state index in [2.05, 4.69) is 42.9 Å². The minimum Gasteiger partial charge on any atom is -0.367 e. The fourth-order valence-corrected chi connectivity index (χ4v) is 6.03. The zero-order valence-electron chi connectivity index (χ0n) is 19.0. The molecule has 2 bridgehead atoms. The molecule has 1 unspecified atom stereocenters. The Kier molecular flexibility index (Phi) is 5.14. The van der Waals surface area contributed by atoms with Gasteiger partial charge in [-0.15, -0.1) is 0 Å². The number of nitriles is 1. The molecule has 1 saturated carbocycles. The minimum absolute atomic E-state index is 0.297. The van der Waals surface area contributed by atoms with Crippen molar-refractivity contribution >= 4 is 28.4 Å². The highest BCUT2D eigenvalue weighted by molar-refractivity contribution is 5.91. The molecule has 0 aromatic carbocycles. The molecule has 8 heteroatoms. The van der Waals surface area contributed by atoms with Gasteiger partial charge in [0.25, 0.3) is 0 Å². The smallest absolute Gasteiger partial charge is 0.153 e. The molecule has 6 rings (SSSR count). The molecular weight excluding hydrogens is 412 g/mol. The van der Waals surface area contributed by atoms with E-state index in [9.17, 15) is 0 Å². The third-order valence-electron chi connectivity index (χ3n) is 7.67. The average molecular weight is 443 g/mol. The Hall–Kier alpha value is -3.18. The van der Waals surface area contributed by atoms with Crippen LogP contribution in [0.3, 0.4) is 0 Å². The minimum atomic E-state index is 0.297. The number of rotatable bonds is 6. The number of piperidine rings is 1. The van der Waals surface area contributed by atoms with Gasteiger partial charge >= 0.3 is 0 Å². The van der Waals surface area contributed by atoms with Crippen LogP contribution in [0.1, 0.15) is 44.2 Å². The third-order valence-corrected chi connectivity index (χ3v) is 7.67. The van der Waals surface area contributed by atoms with Crippen molar-refractivity contribution < 1.29 is 0 Å². The summed E-state index contributed by atoms with van der Waals surface area (Å²) in [6, 6.07) is 12.1. The molecule has 3 N–H and O–H groups in total. The normalized spacial score (nSPS) is 28.9. The summed E-state index contributed by atoms with van der Waals surface area (Å²) >= 11 is 0.